The van der Waals surface area contributed by atoms with E-state index in [1.165, 1.54) is 23.5 Å². The Labute approximate surface area is 146 Å². The van der Waals surface area contributed by atoms with Crippen LogP contribution in [0.1, 0.15) is 23.7 Å². The average molecular weight is 368 g/mol. The monoisotopic (exact) mass is 367 g/mol. The minimum absolute atomic E-state index is 0.0168. The van der Waals surface area contributed by atoms with Crippen LogP contribution in [0.4, 0.5) is 5.69 Å². The Kier molecular flexibility index (Phi) is 4.46. The lowest BCUT2D eigenvalue weighted by Crippen LogP contribution is -2.37. The minimum Gasteiger partial charge on any atom is -0.495 e. The molecule has 24 heavy (non-hydrogen) atoms. The van der Waals surface area contributed by atoms with Crippen molar-refractivity contribution in [3.05, 3.63) is 52.5 Å². The first-order valence-electron chi connectivity index (χ1n) is 7.50. The molecule has 0 aliphatic carbocycles. The van der Waals surface area contributed by atoms with Crippen molar-refractivity contribution in [2.75, 3.05) is 18.0 Å². The van der Waals surface area contributed by atoms with Crippen LogP contribution in [0.2, 0.25) is 5.02 Å². The van der Waals surface area contributed by atoms with Gasteiger partial charge in [-0.15, -0.1) is 0 Å². The Morgan fingerprint density at radius 1 is 1.29 bits per heavy atom. The number of rotatable bonds is 3. The zero-order valence-corrected chi connectivity index (χ0v) is 14.9. The number of aliphatic hydroxyl groups excluding tert-OH is 1. The first-order chi connectivity index (χ1) is 11.4. The van der Waals surface area contributed by atoms with Gasteiger partial charge in [0.2, 0.25) is 0 Å². The molecule has 0 spiro atoms. The Balaban J connectivity index is 2.20. The van der Waals surface area contributed by atoms with Gasteiger partial charge in [-0.3, -0.25) is 4.31 Å². The fourth-order valence-corrected chi connectivity index (χ4v) is 5.00. The lowest BCUT2D eigenvalue weighted by Gasteiger charge is -2.34. The molecule has 1 aliphatic heterocycles. The standard InChI is InChI=1S/C17H18ClNO4S/c1-11-4-3-5-13-14(20)8-9-19(17(11)13)24(21,22)16-10-12(18)6-7-15(16)23-2/h3-7,10,14,20H,8-9H2,1-2H3. The van der Waals surface area contributed by atoms with Crippen molar-refractivity contribution in [1.82, 2.24) is 0 Å². The zero-order chi connectivity index (χ0) is 17.5. The van der Waals surface area contributed by atoms with Gasteiger partial charge in [-0.1, -0.05) is 29.8 Å². The Hall–Kier alpha value is -1.76. The average Bonchev–Trinajstić information content (AvgIpc) is 2.55. The quantitative estimate of drug-likeness (QED) is 0.903. The molecule has 128 valence electrons. The Morgan fingerprint density at radius 2 is 2.04 bits per heavy atom. The summed E-state index contributed by atoms with van der Waals surface area (Å²) in [5, 5.41) is 10.5. The van der Waals surface area contributed by atoms with E-state index in [2.05, 4.69) is 0 Å². The number of anilines is 1. The number of nitrogens with zero attached hydrogens (tertiary/aromatic N) is 1. The summed E-state index contributed by atoms with van der Waals surface area (Å²) in [6.07, 6.45) is -0.342. The van der Waals surface area contributed by atoms with Crippen LogP contribution in [0.25, 0.3) is 0 Å². The van der Waals surface area contributed by atoms with E-state index >= 15 is 0 Å². The second-order valence-electron chi connectivity index (χ2n) is 5.69. The molecule has 7 heteroatoms. The highest BCUT2D eigenvalue weighted by atomic mass is 35.5. The van der Waals surface area contributed by atoms with Crippen molar-refractivity contribution < 1.29 is 18.3 Å². The van der Waals surface area contributed by atoms with Crippen LogP contribution in [0.3, 0.4) is 0 Å². The molecule has 0 saturated heterocycles. The number of sulfonamides is 1. The summed E-state index contributed by atoms with van der Waals surface area (Å²) < 4.78 is 33.0. The molecular weight excluding hydrogens is 350 g/mol. The van der Waals surface area contributed by atoms with Crippen LogP contribution >= 0.6 is 11.6 Å². The maximum atomic E-state index is 13.2. The van der Waals surface area contributed by atoms with Gasteiger partial charge in [-0.25, -0.2) is 8.42 Å². The number of benzene rings is 2. The van der Waals surface area contributed by atoms with Crippen LogP contribution in [0.15, 0.2) is 41.3 Å². The predicted octanol–water partition coefficient (Wildman–Crippen LogP) is 3.29. The lowest BCUT2D eigenvalue weighted by molar-refractivity contribution is 0.166. The third-order valence-electron chi connectivity index (χ3n) is 4.18. The summed E-state index contributed by atoms with van der Waals surface area (Å²) in [4.78, 5) is 0.0168. The van der Waals surface area contributed by atoms with E-state index in [0.29, 0.717) is 22.7 Å². The van der Waals surface area contributed by atoms with Crippen LogP contribution in [0, 0.1) is 6.92 Å². The smallest absolute Gasteiger partial charge is 0.268 e. The first kappa shape index (κ1) is 17.1. The molecule has 1 N–H and O–H groups in total. The summed E-state index contributed by atoms with van der Waals surface area (Å²) in [7, 11) is -2.46. The normalized spacial score (nSPS) is 17.5. The first-order valence-corrected chi connectivity index (χ1v) is 9.32. The van der Waals surface area contributed by atoms with Crippen LogP contribution in [-0.4, -0.2) is 27.2 Å². The molecule has 1 unspecified atom stereocenters. The highest BCUT2D eigenvalue weighted by Crippen LogP contribution is 2.41. The maximum absolute atomic E-state index is 13.2. The molecule has 0 radical (unpaired) electrons. The molecule has 1 aliphatic rings. The molecule has 0 bridgehead atoms. The van der Waals surface area contributed by atoms with E-state index in [1.807, 2.05) is 19.1 Å². The number of hydrogen-bond acceptors (Lipinski definition) is 4. The molecule has 0 aromatic heterocycles. The topological polar surface area (TPSA) is 66.8 Å². The number of fused-ring (bicyclic) bond motifs is 1. The van der Waals surface area contributed by atoms with Crippen molar-refractivity contribution in [2.45, 2.75) is 24.3 Å². The van der Waals surface area contributed by atoms with Gasteiger partial charge in [0.25, 0.3) is 10.0 Å². The number of para-hydroxylation sites is 1. The van der Waals surface area contributed by atoms with Crippen molar-refractivity contribution in [3.8, 4) is 5.75 Å². The van der Waals surface area contributed by atoms with Gasteiger partial charge in [-0.05, 0) is 37.1 Å². The van der Waals surface area contributed by atoms with Gasteiger partial charge in [0.05, 0.1) is 18.9 Å². The molecule has 2 aromatic rings. The third-order valence-corrected chi connectivity index (χ3v) is 6.23. The van der Waals surface area contributed by atoms with Crippen molar-refractivity contribution in [3.63, 3.8) is 0 Å². The molecule has 0 amide bonds. The summed E-state index contributed by atoms with van der Waals surface area (Å²) in [5.41, 5.74) is 1.93. The Morgan fingerprint density at radius 3 is 2.75 bits per heavy atom. The van der Waals surface area contributed by atoms with Gasteiger partial charge >= 0.3 is 0 Å². The van der Waals surface area contributed by atoms with Crippen LogP contribution in [-0.2, 0) is 10.0 Å². The van der Waals surface area contributed by atoms with Gasteiger partial charge < -0.3 is 9.84 Å². The largest absolute Gasteiger partial charge is 0.495 e. The maximum Gasteiger partial charge on any atom is 0.268 e. The molecule has 3 rings (SSSR count). The summed E-state index contributed by atoms with van der Waals surface area (Å²) >= 11 is 5.99. The number of hydrogen-bond donors (Lipinski definition) is 1. The lowest BCUT2D eigenvalue weighted by atomic mass is 9.98. The van der Waals surface area contributed by atoms with Crippen molar-refractivity contribution in [2.24, 2.45) is 0 Å². The molecule has 1 heterocycles. The molecular formula is C17H18ClNO4S. The fraction of sp³-hybridized carbons (Fsp3) is 0.294. The zero-order valence-electron chi connectivity index (χ0n) is 13.4. The number of ether oxygens (including phenoxy) is 1. The predicted molar refractivity (Wildman–Crippen MR) is 93.3 cm³/mol. The molecule has 1 atom stereocenters. The number of aryl methyl sites for hydroxylation is 1. The summed E-state index contributed by atoms with van der Waals surface area (Å²) in [6, 6.07) is 9.90. The van der Waals surface area contributed by atoms with Crippen LogP contribution in [0.5, 0.6) is 5.75 Å². The Bertz CT molecular complexity index is 882. The van der Waals surface area contributed by atoms with Gasteiger partial charge in [0, 0.05) is 17.1 Å². The molecule has 0 saturated carbocycles. The number of halogens is 1. The molecule has 2 aromatic carbocycles. The van der Waals surface area contributed by atoms with E-state index in [0.717, 1.165) is 5.56 Å². The highest BCUT2D eigenvalue weighted by Gasteiger charge is 2.35. The van der Waals surface area contributed by atoms with E-state index in [4.69, 9.17) is 16.3 Å². The summed E-state index contributed by atoms with van der Waals surface area (Å²) in [5.74, 6) is 0.237. The summed E-state index contributed by atoms with van der Waals surface area (Å²) in [6.45, 7) is 2.02. The fourth-order valence-electron chi connectivity index (χ4n) is 3.01. The van der Waals surface area contributed by atoms with E-state index < -0.39 is 16.1 Å². The molecule has 5 nitrogen and oxygen atoms in total. The second-order valence-corrected chi connectivity index (χ2v) is 7.96. The minimum atomic E-state index is -3.87. The SMILES string of the molecule is COc1ccc(Cl)cc1S(=O)(=O)N1CCC(O)c2cccc(C)c21. The van der Waals surface area contributed by atoms with Crippen molar-refractivity contribution >= 4 is 27.3 Å². The second kappa shape index (κ2) is 6.27. The number of methoxy groups -OCH3 is 1. The van der Waals surface area contributed by atoms with Crippen molar-refractivity contribution in [1.29, 1.82) is 0 Å². The van der Waals surface area contributed by atoms with E-state index in [9.17, 15) is 13.5 Å². The third kappa shape index (κ3) is 2.75. The van der Waals surface area contributed by atoms with Gasteiger partial charge in [0.15, 0.2) is 0 Å². The van der Waals surface area contributed by atoms with Gasteiger partial charge in [-0.2, -0.15) is 0 Å². The van der Waals surface area contributed by atoms with Gasteiger partial charge in [0.1, 0.15) is 10.6 Å². The van der Waals surface area contributed by atoms with Crippen LogP contribution < -0.4 is 9.04 Å². The molecule has 0 fully saturated rings. The van der Waals surface area contributed by atoms with E-state index in [-0.39, 0.29) is 17.2 Å². The number of aliphatic hydroxyl groups is 1. The highest BCUT2D eigenvalue weighted by molar-refractivity contribution is 7.93. The van der Waals surface area contributed by atoms with E-state index in [1.54, 1.807) is 12.1 Å².